The predicted octanol–water partition coefficient (Wildman–Crippen LogP) is 16.0. The van der Waals surface area contributed by atoms with Crippen molar-refractivity contribution in [2.45, 2.75) is 39.4 Å². The van der Waals surface area contributed by atoms with Crippen LogP contribution in [-0.4, -0.2) is 14.5 Å². The Labute approximate surface area is 372 Å². The van der Waals surface area contributed by atoms with Crippen molar-refractivity contribution < 1.29 is 13.2 Å². The Kier molecular flexibility index (Phi) is 11.2. The third kappa shape index (κ3) is 8.42. The molecule has 0 aliphatic carbocycles. The number of halogens is 3. The van der Waals surface area contributed by atoms with Crippen molar-refractivity contribution in [3.8, 4) is 44.8 Å². The highest BCUT2D eigenvalue weighted by Crippen LogP contribution is 2.46. The summed E-state index contributed by atoms with van der Waals surface area (Å²) in [6.45, 7) is 8.13. The number of nitrogens with zero attached hydrogens (tertiary/aromatic N) is 5. The van der Waals surface area contributed by atoms with E-state index in [4.69, 9.17) is 0 Å². The Morgan fingerprint density at radius 1 is 0.422 bits per heavy atom. The lowest BCUT2D eigenvalue weighted by molar-refractivity contribution is -0.137. The maximum atomic E-state index is 15.5. The van der Waals surface area contributed by atoms with Crippen LogP contribution in [0, 0.1) is 6.92 Å². The zero-order chi connectivity index (χ0) is 44.4. The summed E-state index contributed by atoms with van der Waals surface area (Å²) in [5.41, 5.74) is 10.8. The summed E-state index contributed by atoms with van der Waals surface area (Å²) < 4.78 is 48.5. The van der Waals surface area contributed by atoms with Crippen molar-refractivity contribution in [2.24, 2.45) is 0 Å². The van der Waals surface area contributed by atoms with Gasteiger partial charge in [0, 0.05) is 63.2 Å². The van der Waals surface area contributed by atoms with Gasteiger partial charge in [-0.1, -0.05) is 97.1 Å². The average molecular weight is 846 g/mol. The van der Waals surface area contributed by atoms with Gasteiger partial charge in [0.25, 0.3) is 0 Å². The molecule has 0 saturated heterocycles. The van der Waals surface area contributed by atoms with Crippen LogP contribution in [0.15, 0.2) is 207 Å². The normalized spacial score (nSPS) is 11.7. The lowest BCUT2D eigenvalue weighted by Gasteiger charge is -2.30. The molecule has 0 unspecified atom stereocenters. The number of hydrogen-bond acceptors (Lipinski definition) is 4. The molecule has 3 heterocycles. The first-order chi connectivity index (χ1) is 30.9. The number of rotatable bonds is 10. The van der Waals surface area contributed by atoms with Gasteiger partial charge in [0.1, 0.15) is 0 Å². The van der Waals surface area contributed by atoms with E-state index >= 15 is 13.2 Å². The molecule has 9 aromatic rings. The molecular formula is C56H46F3N5. The first kappa shape index (κ1) is 41.6. The Morgan fingerprint density at radius 3 is 1.27 bits per heavy atom. The zero-order valence-electron chi connectivity index (χ0n) is 36.0. The molecule has 6 aromatic carbocycles. The zero-order valence-corrected chi connectivity index (χ0v) is 36.0. The van der Waals surface area contributed by atoms with E-state index in [1.807, 2.05) is 146 Å². The van der Waals surface area contributed by atoms with Crippen molar-refractivity contribution in [1.29, 1.82) is 0 Å². The fraction of sp³-hybridized carbons (Fsp3) is 0.107. The van der Waals surface area contributed by atoms with Crippen LogP contribution in [0.1, 0.15) is 31.9 Å². The predicted molar refractivity (Wildman–Crippen MR) is 256 cm³/mol. The second-order valence-electron chi connectivity index (χ2n) is 16.8. The third-order valence-electron chi connectivity index (χ3n) is 11.4. The molecule has 316 valence electrons. The first-order valence-corrected chi connectivity index (χ1v) is 21.2. The minimum absolute atomic E-state index is 0.0963. The van der Waals surface area contributed by atoms with E-state index in [1.54, 1.807) is 36.8 Å². The highest BCUT2D eigenvalue weighted by Gasteiger charge is 2.36. The molecule has 9 rings (SSSR count). The number of pyridine rings is 2. The molecule has 0 amide bonds. The fourth-order valence-electron chi connectivity index (χ4n) is 8.52. The second-order valence-corrected chi connectivity index (χ2v) is 16.8. The molecule has 0 spiro atoms. The Hall–Kier alpha value is -7.71. The average Bonchev–Trinajstić information content (AvgIpc) is 3.77. The van der Waals surface area contributed by atoms with E-state index < -0.39 is 17.3 Å². The van der Waals surface area contributed by atoms with E-state index in [9.17, 15) is 0 Å². The Balaban J connectivity index is 1.11. The maximum Gasteiger partial charge on any atom is 0.417 e. The van der Waals surface area contributed by atoms with Crippen LogP contribution in [0.3, 0.4) is 0 Å². The number of alkyl halides is 3. The monoisotopic (exact) mass is 845 g/mol. The molecule has 8 heteroatoms. The van der Waals surface area contributed by atoms with Crippen LogP contribution in [0.5, 0.6) is 0 Å². The van der Waals surface area contributed by atoms with E-state index in [1.165, 1.54) is 6.07 Å². The smallest absolute Gasteiger partial charge is 0.335 e. The van der Waals surface area contributed by atoms with Gasteiger partial charge in [0.2, 0.25) is 0 Å². The molecule has 0 atom stereocenters. The van der Waals surface area contributed by atoms with Gasteiger partial charge in [-0.25, -0.2) is 0 Å². The minimum Gasteiger partial charge on any atom is -0.335 e. The topological polar surface area (TPSA) is 37.2 Å². The molecule has 5 nitrogen and oxygen atoms in total. The van der Waals surface area contributed by atoms with E-state index in [2.05, 4.69) is 69.5 Å². The van der Waals surface area contributed by atoms with Gasteiger partial charge < -0.3 is 14.4 Å². The number of anilines is 6. The van der Waals surface area contributed by atoms with Crippen molar-refractivity contribution in [3.05, 3.63) is 218 Å². The molecule has 0 N–H and O–H groups in total. The minimum atomic E-state index is -4.66. The second kappa shape index (κ2) is 17.2. The van der Waals surface area contributed by atoms with Crippen LogP contribution in [0.4, 0.5) is 47.3 Å². The summed E-state index contributed by atoms with van der Waals surface area (Å²) in [4.78, 5) is 12.7. The molecule has 0 aliphatic rings. The van der Waals surface area contributed by atoms with Crippen LogP contribution < -0.4 is 9.80 Å². The highest BCUT2D eigenvalue weighted by atomic mass is 19.4. The summed E-state index contributed by atoms with van der Waals surface area (Å²) in [7, 11) is 0. The summed E-state index contributed by atoms with van der Waals surface area (Å²) in [5, 5.41) is 0. The van der Waals surface area contributed by atoms with Crippen LogP contribution >= 0.6 is 0 Å². The van der Waals surface area contributed by atoms with Crippen LogP contribution in [0.2, 0.25) is 0 Å². The summed E-state index contributed by atoms with van der Waals surface area (Å²) in [5.74, 6) is 0. The number of benzene rings is 6. The van der Waals surface area contributed by atoms with Gasteiger partial charge >= 0.3 is 6.18 Å². The maximum absolute atomic E-state index is 15.5. The lowest BCUT2D eigenvalue weighted by atomic mass is 9.99. The fourth-order valence-corrected chi connectivity index (χ4v) is 8.52. The molecule has 0 saturated carbocycles. The van der Waals surface area contributed by atoms with Gasteiger partial charge in [-0.2, -0.15) is 13.2 Å². The van der Waals surface area contributed by atoms with Gasteiger partial charge in [-0.05, 0) is 140 Å². The summed E-state index contributed by atoms with van der Waals surface area (Å²) in [6, 6.07) is 58.7. The standard InChI is InChI=1S/C56H46F3N5/c1-39-35-46(62(48-17-11-33-60-37-48)44-23-19-42(20-24-44)40-13-7-5-8-14-40)27-29-50(39)53-31-32-54(64(53)55(2,3)4)51-30-28-47(36-52(51)56(57,58)59)63(49-18-12-34-61-38-49)45-25-21-43(22-26-45)41-15-9-6-10-16-41/h5-38H,1-4H3. The summed E-state index contributed by atoms with van der Waals surface area (Å²) >= 11 is 0. The van der Waals surface area contributed by atoms with Gasteiger partial charge in [-0.3, -0.25) is 9.97 Å². The Bertz CT molecular complexity index is 3000. The van der Waals surface area contributed by atoms with Gasteiger partial charge in [0.05, 0.1) is 29.3 Å². The van der Waals surface area contributed by atoms with Crippen molar-refractivity contribution in [1.82, 2.24) is 14.5 Å². The molecule has 3 aromatic heterocycles. The number of aromatic nitrogens is 3. The van der Waals surface area contributed by atoms with Crippen LogP contribution in [-0.2, 0) is 11.7 Å². The molecule has 64 heavy (non-hydrogen) atoms. The molecule has 0 aliphatic heterocycles. The molecule has 0 radical (unpaired) electrons. The SMILES string of the molecule is Cc1cc(N(c2ccc(-c3ccccc3)cc2)c2cccnc2)ccc1-c1ccc(-c2ccc(N(c3ccc(-c4ccccc4)cc3)c3cccnc3)cc2C(F)(F)F)n1C(C)(C)C. The Morgan fingerprint density at radius 2 is 0.844 bits per heavy atom. The van der Waals surface area contributed by atoms with Crippen molar-refractivity contribution in [2.75, 3.05) is 9.80 Å². The third-order valence-corrected chi connectivity index (χ3v) is 11.4. The molecule has 0 bridgehead atoms. The van der Waals surface area contributed by atoms with E-state index in [0.29, 0.717) is 22.8 Å². The van der Waals surface area contributed by atoms with E-state index in [-0.39, 0.29) is 5.56 Å². The quantitative estimate of drug-likeness (QED) is 0.137. The first-order valence-electron chi connectivity index (χ1n) is 21.2. The molecule has 0 fully saturated rings. The highest BCUT2D eigenvalue weighted by molar-refractivity contribution is 5.84. The van der Waals surface area contributed by atoms with Crippen molar-refractivity contribution in [3.63, 3.8) is 0 Å². The number of hydrogen-bond donors (Lipinski definition) is 0. The van der Waals surface area contributed by atoms with Gasteiger partial charge in [0.15, 0.2) is 0 Å². The van der Waals surface area contributed by atoms with E-state index in [0.717, 1.165) is 56.1 Å². The van der Waals surface area contributed by atoms with Crippen molar-refractivity contribution >= 4 is 34.1 Å². The number of aryl methyl sites for hydroxylation is 1. The largest absolute Gasteiger partial charge is 0.417 e. The van der Waals surface area contributed by atoms with Crippen LogP contribution in [0.25, 0.3) is 44.8 Å². The molecular weight excluding hydrogens is 800 g/mol. The lowest BCUT2D eigenvalue weighted by Crippen LogP contribution is -2.24. The summed E-state index contributed by atoms with van der Waals surface area (Å²) in [6.07, 6.45) is 2.25. The van der Waals surface area contributed by atoms with Gasteiger partial charge in [-0.15, -0.1) is 0 Å².